The number of nitrogens with zero attached hydrogens (tertiary/aromatic N) is 2. The maximum Gasteiger partial charge on any atom is 0.411 e. The number of carbonyl (C=O) groups excluding carboxylic acids is 2. The highest BCUT2D eigenvalue weighted by atomic mass is 35.5. The average Bonchev–Trinajstić information content (AvgIpc) is 2.54. The van der Waals surface area contributed by atoms with Crippen molar-refractivity contribution in [2.24, 2.45) is 0 Å². The summed E-state index contributed by atoms with van der Waals surface area (Å²) in [5.74, 6) is 1.83. The Morgan fingerprint density at radius 3 is 2.73 bits per heavy atom. The van der Waals surface area contributed by atoms with Gasteiger partial charge in [-0.3, -0.25) is 9.69 Å². The summed E-state index contributed by atoms with van der Waals surface area (Å²) in [5, 5.41) is 0.586. The lowest BCUT2D eigenvalue weighted by atomic mass is 10.1. The van der Waals surface area contributed by atoms with Gasteiger partial charge >= 0.3 is 6.09 Å². The van der Waals surface area contributed by atoms with E-state index in [1.54, 1.807) is 21.9 Å². The lowest BCUT2D eigenvalue weighted by molar-refractivity contribution is -0.122. The molecule has 5 nitrogen and oxygen atoms in total. The van der Waals surface area contributed by atoms with Crippen LogP contribution in [0.15, 0.2) is 24.3 Å². The standard InChI is InChI=1S/C19H27ClN2O3S/c1-5-26-10-9-16-12-21(15-8-6-7-14(20)11-15)17(23)13-22(16)18(24)25-19(2,3)4/h6-8,11,16H,5,9-10,12-13H2,1-4H3/t16-/m0/s1. The van der Waals surface area contributed by atoms with Crippen molar-refractivity contribution < 1.29 is 14.3 Å². The number of thioether (sulfide) groups is 1. The van der Waals surface area contributed by atoms with Crippen molar-refractivity contribution in [3.8, 4) is 0 Å². The van der Waals surface area contributed by atoms with Crippen LogP contribution in [0.4, 0.5) is 10.5 Å². The molecule has 26 heavy (non-hydrogen) atoms. The number of rotatable bonds is 5. The molecule has 0 spiro atoms. The summed E-state index contributed by atoms with van der Waals surface area (Å²) in [6.07, 6.45) is 0.380. The number of ether oxygens (including phenoxy) is 1. The zero-order valence-corrected chi connectivity index (χ0v) is 17.4. The third kappa shape index (κ3) is 5.81. The molecule has 0 bridgehead atoms. The molecule has 0 aromatic heterocycles. The van der Waals surface area contributed by atoms with Crippen molar-refractivity contribution in [1.29, 1.82) is 0 Å². The fourth-order valence-corrected chi connectivity index (χ4v) is 3.72. The molecule has 1 heterocycles. The number of hydrogen-bond acceptors (Lipinski definition) is 4. The molecule has 0 aliphatic carbocycles. The van der Waals surface area contributed by atoms with E-state index < -0.39 is 11.7 Å². The molecule has 0 radical (unpaired) electrons. The van der Waals surface area contributed by atoms with Crippen LogP contribution in [0.1, 0.15) is 34.1 Å². The Kier molecular flexibility index (Phi) is 7.24. The number of piperazine rings is 1. The number of carbonyl (C=O) groups is 2. The second kappa shape index (κ2) is 9.00. The van der Waals surface area contributed by atoms with Gasteiger partial charge in [-0.1, -0.05) is 24.6 Å². The van der Waals surface area contributed by atoms with E-state index in [0.29, 0.717) is 11.6 Å². The van der Waals surface area contributed by atoms with Crippen molar-refractivity contribution >= 4 is 41.1 Å². The van der Waals surface area contributed by atoms with Crippen molar-refractivity contribution in [3.05, 3.63) is 29.3 Å². The van der Waals surface area contributed by atoms with Crippen LogP contribution in [0, 0.1) is 0 Å². The lowest BCUT2D eigenvalue weighted by Crippen LogP contribution is -2.59. The Bertz CT molecular complexity index is 648. The number of benzene rings is 1. The highest BCUT2D eigenvalue weighted by molar-refractivity contribution is 7.99. The molecule has 1 aromatic carbocycles. The largest absolute Gasteiger partial charge is 0.444 e. The van der Waals surface area contributed by atoms with Crippen molar-refractivity contribution in [3.63, 3.8) is 0 Å². The van der Waals surface area contributed by atoms with E-state index in [0.717, 1.165) is 23.6 Å². The van der Waals surface area contributed by atoms with Crippen LogP contribution in [0.2, 0.25) is 5.02 Å². The Labute approximate surface area is 165 Å². The molecule has 0 saturated carbocycles. The van der Waals surface area contributed by atoms with Gasteiger partial charge in [0, 0.05) is 17.3 Å². The summed E-state index contributed by atoms with van der Waals surface area (Å²) in [5.41, 5.74) is 0.173. The normalized spacial score (nSPS) is 18.2. The fourth-order valence-electron chi connectivity index (χ4n) is 2.81. The number of anilines is 1. The average molecular weight is 399 g/mol. The van der Waals surface area contributed by atoms with Crippen LogP contribution in [-0.4, -0.2) is 53.1 Å². The Hall–Kier alpha value is -1.40. The summed E-state index contributed by atoms with van der Waals surface area (Å²) in [6, 6.07) is 7.17. The molecule has 1 aromatic rings. The van der Waals surface area contributed by atoms with Crippen LogP contribution >= 0.6 is 23.4 Å². The maximum absolute atomic E-state index is 12.7. The molecule has 144 valence electrons. The second-order valence-corrected chi connectivity index (χ2v) is 9.06. The van der Waals surface area contributed by atoms with Crippen LogP contribution in [-0.2, 0) is 9.53 Å². The van der Waals surface area contributed by atoms with Gasteiger partial charge in [-0.15, -0.1) is 0 Å². The van der Waals surface area contributed by atoms with E-state index in [1.807, 2.05) is 44.7 Å². The first-order chi connectivity index (χ1) is 12.2. The molecule has 2 amide bonds. The molecule has 7 heteroatoms. The van der Waals surface area contributed by atoms with Crippen molar-refractivity contribution in [2.75, 3.05) is 29.5 Å². The number of amides is 2. The number of hydrogen-bond donors (Lipinski definition) is 0. The van der Waals surface area contributed by atoms with E-state index in [-0.39, 0.29) is 18.5 Å². The van der Waals surface area contributed by atoms with Crippen LogP contribution < -0.4 is 4.90 Å². The van der Waals surface area contributed by atoms with E-state index in [2.05, 4.69) is 6.92 Å². The van der Waals surface area contributed by atoms with E-state index in [4.69, 9.17) is 16.3 Å². The first kappa shape index (κ1) is 20.9. The summed E-state index contributed by atoms with van der Waals surface area (Å²) in [6.45, 7) is 8.06. The molecule has 2 rings (SSSR count). The molecule has 0 unspecified atom stereocenters. The summed E-state index contributed by atoms with van der Waals surface area (Å²) < 4.78 is 5.51. The van der Waals surface area contributed by atoms with Crippen LogP contribution in [0.5, 0.6) is 0 Å². The van der Waals surface area contributed by atoms with Crippen LogP contribution in [0.25, 0.3) is 0 Å². The zero-order valence-electron chi connectivity index (χ0n) is 15.8. The third-order valence-electron chi connectivity index (χ3n) is 3.99. The highest BCUT2D eigenvalue weighted by Gasteiger charge is 2.37. The van der Waals surface area contributed by atoms with Crippen molar-refractivity contribution in [2.45, 2.75) is 45.8 Å². The minimum atomic E-state index is -0.590. The smallest absolute Gasteiger partial charge is 0.411 e. The van der Waals surface area contributed by atoms with Gasteiger partial charge in [0.1, 0.15) is 12.1 Å². The Balaban J connectivity index is 2.19. The summed E-state index contributed by atoms with van der Waals surface area (Å²) >= 11 is 7.90. The van der Waals surface area contributed by atoms with Gasteiger partial charge < -0.3 is 9.64 Å². The first-order valence-electron chi connectivity index (χ1n) is 8.84. The van der Waals surface area contributed by atoms with Crippen molar-refractivity contribution in [1.82, 2.24) is 4.90 Å². The van der Waals surface area contributed by atoms with Gasteiger partial charge in [-0.2, -0.15) is 11.8 Å². The molecule has 1 aliphatic rings. The minimum absolute atomic E-state index is 0.0168. The molecule has 0 N–H and O–H groups in total. The summed E-state index contributed by atoms with van der Waals surface area (Å²) in [7, 11) is 0. The second-order valence-electron chi connectivity index (χ2n) is 7.23. The Morgan fingerprint density at radius 1 is 1.38 bits per heavy atom. The minimum Gasteiger partial charge on any atom is -0.444 e. The monoisotopic (exact) mass is 398 g/mol. The van der Waals surface area contributed by atoms with Gasteiger partial charge in [0.25, 0.3) is 0 Å². The predicted molar refractivity (Wildman–Crippen MR) is 108 cm³/mol. The van der Waals surface area contributed by atoms with Gasteiger partial charge in [-0.25, -0.2) is 4.79 Å². The molecule has 1 saturated heterocycles. The topological polar surface area (TPSA) is 49.9 Å². The molecule has 1 fully saturated rings. The molecule has 1 atom stereocenters. The fraction of sp³-hybridized carbons (Fsp3) is 0.579. The lowest BCUT2D eigenvalue weighted by Gasteiger charge is -2.41. The summed E-state index contributed by atoms with van der Waals surface area (Å²) in [4.78, 5) is 28.6. The first-order valence-corrected chi connectivity index (χ1v) is 10.4. The molecular weight excluding hydrogens is 372 g/mol. The molecule has 1 aliphatic heterocycles. The van der Waals surface area contributed by atoms with Gasteiger partial charge in [0.05, 0.1) is 6.04 Å². The predicted octanol–water partition coefficient (Wildman–Crippen LogP) is 4.44. The van der Waals surface area contributed by atoms with Crippen LogP contribution in [0.3, 0.4) is 0 Å². The third-order valence-corrected chi connectivity index (χ3v) is 5.16. The van der Waals surface area contributed by atoms with E-state index in [1.165, 1.54) is 0 Å². The van der Waals surface area contributed by atoms with Gasteiger partial charge in [0.2, 0.25) is 5.91 Å². The quantitative estimate of drug-likeness (QED) is 0.688. The van der Waals surface area contributed by atoms with Gasteiger partial charge in [0.15, 0.2) is 0 Å². The maximum atomic E-state index is 12.7. The van der Waals surface area contributed by atoms with E-state index >= 15 is 0 Å². The van der Waals surface area contributed by atoms with Gasteiger partial charge in [-0.05, 0) is 56.9 Å². The van der Waals surface area contributed by atoms with E-state index in [9.17, 15) is 9.59 Å². The molecular formula is C19H27ClN2O3S. The zero-order chi connectivity index (χ0) is 19.3. The SMILES string of the molecule is CCSCC[C@H]1CN(c2cccc(Cl)c2)C(=O)CN1C(=O)OC(C)(C)C. The Morgan fingerprint density at radius 2 is 2.12 bits per heavy atom. The number of halogens is 1. The highest BCUT2D eigenvalue weighted by Crippen LogP contribution is 2.26.